The summed E-state index contributed by atoms with van der Waals surface area (Å²) >= 11 is 6.43. The number of anilines is 2. The monoisotopic (exact) mass is 448 g/mol. The minimum Gasteiger partial charge on any atom is -0.481 e. The van der Waals surface area contributed by atoms with Crippen LogP contribution in [0.2, 0.25) is 5.02 Å². The Morgan fingerprint density at radius 2 is 1.91 bits per heavy atom. The predicted octanol–water partition coefficient (Wildman–Crippen LogP) is 4.83. The van der Waals surface area contributed by atoms with Gasteiger partial charge in [-0.3, -0.25) is 9.59 Å². The second-order valence-electron chi connectivity index (χ2n) is 7.60. The summed E-state index contributed by atoms with van der Waals surface area (Å²) in [5.74, 6) is -0.695. The molecule has 162 valence electrons. The summed E-state index contributed by atoms with van der Waals surface area (Å²) in [7, 11) is 3.94. The molecule has 4 rings (SSSR count). The Hall–Kier alpha value is -3.84. The van der Waals surface area contributed by atoms with E-state index in [-0.39, 0.29) is 12.3 Å². The number of aromatic amines is 1. The van der Waals surface area contributed by atoms with Gasteiger partial charge >= 0.3 is 5.97 Å². The van der Waals surface area contributed by atoms with Crippen molar-refractivity contribution >= 4 is 45.9 Å². The number of amides is 1. The van der Waals surface area contributed by atoms with E-state index in [9.17, 15) is 9.59 Å². The van der Waals surface area contributed by atoms with Crippen molar-refractivity contribution in [3.8, 4) is 11.4 Å². The molecule has 0 unspecified atom stereocenters. The van der Waals surface area contributed by atoms with Crippen LogP contribution in [0.3, 0.4) is 0 Å². The lowest BCUT2D eigenvalue weighted by Crippen LogP contribution is -2.12. The van der Waals surface area contributed by atoms with Gasteiger partial charge in [-0.1, -0.05) is 23.7 Å². The topological polar surface area (TPSA) is 98.3 Å². The van der Waals surface area contributed by atoms with Crippen LogP contribution in [0, 0.1) is 0 Å². The highest BCUT2D eigenvalue weighted by Gasteiger charge is 2.13. The largest absolute Gasteiger partial charge is 0.481 e. The maximum Gasteiger partial charge on any atom is 0.307 e. The summed E-state index contributed by atoms with van der Waals surface area (Å²) in [5.41, 5.74) is 4.88. The molecule has 0 aliphatic rings. The summed E-state index contributed by atoms with van der Waals surface area (Å²) in [6, 6.07) is 17.6. The first kappa shape index (κ1) is 21.4. The Labute approximate surface area is 189 Å². The van der Waals surface area contributed by atoms with Crippen molar-refractivity contribution < 1.29 is 14.7 Å². The molecule has 7 nitrogen and oxygen atoms in total. The second kappa shape index (κ2) is 8.72. The van der Waals surface area contributed by atoms with Gasteiger partial charge in [-0.15, -0.1) is 0 Å². The van der Waals surface area contributed by atoms with Gasteiger partial charge in [0.15, 0.2) is 0 Å². The van der Waals surface area contributed by atoms with Gasteiger partial charge in [-0.25, -0.2) is 4.98 Å². The maximum absolute atomic E-state index is 12.7. The van der Waals surface area contributed by atoms with Gasteiger partial charge in [0.25, 0.3) is 5.91 Å². The van der Waals surface area contributed by atoms with Crippen molar-refractivity contribution in [2.24, 2.45) is 0 Å². The molecule has 8 heteroatoms. The fraction of sp³-hybridized carbons (Fsp3) is 0.125. The van der Waals surface area contributed by atoms with Crippen molar-refractivity contribution in [3.05, 3.63) is 76.8 Å². The van der Waals surface area contributed by atoms with Crippen LogP contribution in [0.1, 0.15) is 15.9 Å². The van der Waals surface area contributed by atoms with Crippen LogP contribution in [0.5, 0.6) is 0 Å². The normalized spacial score (nSPS) is 10.8. The maximum atomic E-state index is 12.7. The van der Waals surface area contributed by atoms with Crippen molar-refractivity contribution in [3.63, 3.8) is 0 Å². The number of carboxylic acid groups (broad SMARTS) is 1. The average Bonchev–Trinajstić information content (AvgIpc) is 3.18. The van der Waals surface area contributed by atoms with Crippen LogP contribution in [0.4, 0.5) is 11.4 Å². The number of fused-ring (bicyclic) bond motifs is 1. The number of benzene rings is 3. The molecule has 0 atom stereocenters. The van der Waals surface area contributed by atoms with Gasteiger partial charge < -0.3 is 20.3 Å². The second-order valence-corrected chi connectivity index (χ2v) is 8.01. The lowest BCUT2D eigenvalue weighted by molar-refractivity contribution is -0.136. The first-order valence-electron chi connectivity index (χ1n) is 9.89. The van der Waals surface area contributed by atoms with Crippen molar-refractivity contribution in [2.75, 3.05) is 24.3 Å². The van der Waals surface area contributed by atoms with E-state index in [1.165, 1.54) is 0 Å². The molecule has 0 saturated heterocycles. The molecule has 0 aliphatic heterocycles. The van der Waals surface area contributed by atoms with Crippen LogP contribution in [0.25, 0.3) is 22.4 Å². The predicted molar refractivity (Wildman–Crippen MR) is 127 cm³/mol. The minimum absolute atomic E-state index is 0.145. The molecule has 0 spiro atoms. The molecule has 3 aromatic carbocycles. The SMILES string of the molecule is CN(C)c1ccc2nc(-c3cc(NC(=O)c4cccc(CC(=O)O)c4)ccc3Cl)[nH]c2c1. The molecule has 4 aromatic rings. The summed E-state index contributed by atoms with van der Waals surface area (Å²) in [6.45, 7) is 0. The number of hydrogen-bond acceptors (Lipinski definition) is 4. The van der Waals surface area contributed by atoms with Gasteiger partial charge in [0.2, 0.25) is 0 Å². The van der Waals surface area contributed by atoms with Crippen molar-refractivity contribution in [1.82, 2.24) is 9.97 Å². The van der Waals surface area contributed by atoms with E-state index in [2.05, 4.69) is 15.3 Å². The summed E-state index contributed by atoms with van der Waals surface area (Å²) in [6.07, 6.45) is -0.145. The van der Waals surface area contributed by atoms with Crippen LogP contribution in [-0.4, -0.2) is 41.0 Å². The Bertz CT molecular complexity index is 1330. The Kier molecular flexibility index (Phi) is 5.83. The third-order valence-corrected chi connectivity index (χ3v) is 5.34. The van der Waals surface area contributed by atoms with E-state index < -0.39 is 5.97 Å². The van der Waals surface area contributed by atoms with Crippen LogP contribution < -0.4 is 10.2 Å². The van der Waals surface area contributed by atoms with Crippen molar-refractivity contribution in [1.29, 1.82) is 0 Å². The number of nitrogens with one attached hydrogen (secondary N) is 2. The van der Waals surface area contributed by atoms with E-state index >= 15 is 0 Å². The number of rotatable bonds is 6. The number of aromatic nitrogens is 2. The fourth-order valence-electron chi connectivity index (χ4n) is 3.39. The number of carbonyl (C=O) groups is 2. The van der Waals surface area contributed by atoms with Crippen molar-refractivity contribution in [2.45, 2.75) is 6.42 Å². The standard InChI is InChI=1S/C24H21ClN4O3/c1-29(2)17-7-9-20-21(13-17)28-23(27-20)18-12-16(6-8-19(18)25)26-24(32)15-5-3-4-14(10-15)11-22(30)31/h3-10,12-13H,11H2,1-2H3,(H,26,32)(H,27,28)(H,30,31). The molecule has 32 heavy (non-hydrogen) atoms. The number of aliphatic carboxylic acids is 1. The van der Waals surface area contributed by atoms with E-state index in [1.54, 1.807) is 42.5 Å². The van der Waals surface area contributed by atoms with Gasteiger partial charge in [-0.2, -0.15) is 0 Å². The molecule has 0 aliphatic carbocycles. The first-order valence-corrected chi connectivity index (χ1v) is 10.3. The van der Waals surface area contributed by atoms with Crippen LogP contribution in [0.15, 0.2) is 60.7 Å². The highest BCUT2D eigenvalue weighted by Crippen LogP contribution is 2.31. The Balaban J connectivity index is 1.61. The lowest BCUT2D eigenvalue weighted by Gasteiger charge is -2.11. The number of nitrogens with zero attached hydrogens (tertiary/aromatic N) is 2. The first-order chi connectivity index (χ1) is 15.3. The summed E-state index contributed by atoms with van der Waals surface area (Å²) < 4.78 is 0. The molecular formula is C24H21ClN4O3. The zero-order chi connectivity index (χ0) is 22.8. The number of imidazole rings is 1. The molecule has 0 bridgehead atoms. The third-order valence-electron chi connectivity index (χ3n) is 5.01. The molecule has 1 amide bonds. The number of carbonyl (C=O) groups excluding carboxylic acids is 1. The molecule has 0 fully saturated rings. The number of H-pyrrole nitrogens is 1. The fourth-order valence-corrected chi connectivity index (χ4v) is 3.60. The summed E-state index contributed by atoms with van der Waals surface area (Å²) in [5, 5.41) is 12.3. The quantitative estimate of drug-likeness (QED) is 0.392. The molecule has 3 N–H and O–H groups in total. The minimum atomic E-state index is -0.951. The molecule has 0 saturated carbocycles. The summed E-state index contributed by atoms with van der Waals surface area (Å²) in [4.78, 5) is 33.6. The molecule has 1 aromatic heterocycles. The highest BCUT2D eigenvalue weighted by molar-refractivity contribution is 6.33. The zero-order valence-electron chi connectivity index (χ0n) is 17.5. The molecule has 0 radical (unpaired) electrons. The van der Waals surface area contributed by atoms with E-state index in [0.29, 0.717) is 33.2 Å². The number of hydrogen-bond donors (Lipinski definition) is 3. The number of carboxylic acids is 1. The highest BCUT2D eigenvalue weighted by atomic mass is 35.5. The van der Waals surface area contributed by atoms with Crippen LogP contribution in [-0.2, 0) is 11.2 Å². The molecular weight excluding hydrogens is 428 g/mol. The Morgan fingerprint density at radius 1 is 1.09 bits per heavy atom. The Morgan fingerprint density at radius 3 is 2.66 bits per heavy atom. The van der Waals surface area contributed by atoms with Gasteiger partial charge in [0.05, 0.1) is 22.5 Å². The van der Waals surface area contributed by atoms with E-state index in [4.69, 9.17) is 16.7 Å². The third kappa shape index (κ3) is 4.58. The smallest absolute Gasteiger partial charge is 0.307 e. The van der Waals surface area contributed by atoms with Crippen LogP contribution >= 0.6 is 11.6 Å². The zero-order valence-corrected chi connectivity index (χ0v) is 18.3. The van der Waals surface area contributed by atoms with E-state index in [1.807, 2.05) is 37.2 Å². The lowest BCUT2D eigenvalue weighted by atomic mass is 10.1. The van der Waals surface area contributed by atoms with E-state index in [0.717, 1.165) is 16.7 Å². The average molecular weight is 449 g/mol. The number of halogens is 1. The van der Waals surface area contributed by atoms with Gasteiger partial charge in [-0.05, 0) is 54.1 Å². The van der Waals surface area contributed by atoms with Gasteiger partial charge in [0, 0.05) is 36.6 Å². The molecule has 1 heterocycles. The van der Waals surface area contributed by atoms with Gasteiger partial charge in [0.1, 0.15) is 5.82 Å².